The standard InChI is InChI=1S/C16H23N3O5/c1-5-9(2)15(12-7-17-23-11(12)4)22-14-6-13(24-19-14)16(21)18-10(3)8-20/h6-7,9-10,15,20H,5,8H2,1-4H3,(H,18,21)/t9?,10?,15-/m1/s1. The summed E-state index contributed by atoms with van der Waals surface area (Å²) in [6, 6.07) is 1.05. The molecule has 2 heterocycles. The number of aromatic nitrogens is 2. The van der Waals surface area contributed by atoms with Crippen LogP contribution < -0.4 is 10.1 Å². The van der Waals surface area contributed by atoms with E-state index >= 15 is 0 Å². The minimum absolute atomic E-state index is 0.0234. The second-order valence-corrected chi connectivity index (χ2v) is 5.85. The fourth-order valence-corrected chi connectivity index (χ4v) is 2.17. The molecule has 0 bridgehead atoms. The number of ether oxygens (including phenoxy) is 1. The number of rotatable bonds is 8. The van der Waals surface area contributed by atoms with Gasteiger partial charge in [-0.15, -0.1) is 0 Å². The molecule has 0 fully saturated rings. The number of carbonyl (C=O) groups is 1. The second-order valence-electron chi connectivity index (χ2n) is 5.85. The van der Waals surface area contributed by atoms with Gasteiger partial charge in [0.1, 0.15) is 11.9 Å². The molecule has 8 heteroatoms. The van der Waals surface area contributed by atoms with Crippen molar-refractivity contribution in [2.75, 3.05) is 6.61 Å². The molecule has 2 N–H and O–H groups in total. The van der Waals surface area contributed by atoms with E-state index in [9.17, 15) is 4.79 Å². The Hall–Kier alpha value is -2.35. The maximum Gasteiger partial charge on any atom is 0.290 e. The summed E-state index contributed by atoms with van der Waals surface area (Å²) in [6.07, 6.45) is 2.20. The van der Waals surface area contributed by atoms with Crippen LogP contribution in [-0.4, -0.2) is 34.0 Å². The molecule has 8 nitrogen and oxygen atoms in total. The van der Waals surface area contributed by atoms with Gasteiger partial charge in [0.05, 0.1) is 24.4 Å². The lowest BCUT2D eigenvalue weighted by molar-refractivity contribution is 0.0883. The smallest absolute Gasteiger partial charge is 0.290 e. The van der Waals surface area contributed by atoms with Gasteiger partial charge in [0.2, 0.25) is 5.76 Å². The molecule has 2 unspecified atom stereocenters. The van der Waals surface area contributed by atoms with Crippen LogP contribution in [0.2, 0.25) is 0 Å². The van der Waals surface area contributed by atoms with Crippen LogP contribution in [0.5, 0.6) is 5.88 Å². The zero-order valence-electron chi connectivity index (χ0n) is 14.3. The molecule has 0 saturated carbocycles. The van der Waals surface area contributed by atoms with Crippen molar-refractivity contribution < 1.29 is 23.7 Å². The number of aliphatic hydroxyl groups is 1. The molecule has 0 spiro atoms. The summed E-state index contributed by atoms with van der Waals surface area (Å²) < 4.78 is 16.1. The highest BCUT2D eigenvalue weighted by atomic mass is 16.5. The van der Waals surface area contributed by atoms with Gasteiger partial charge in [0.25, 0.3) is 11.8 Å². The van der Waals surface area contributed by atoms with Crippen molar-refractivity contribution in [3.8, 4) is 5.88 Å². The zero-order valence-corrected chi connectivity index (χ0v) is 14.3. The number of hydrogen-bond donors (Lipinski definition) is 2. The van der Waals surface area contributed by atoms with Crippen LogP contribution in [0, 0.1) is 12.8 Å². The lowest BCUT2D eigenvalue weighted by Gasteiger charge is -2.21. The van der Waals surface area contributed by atoms with Crippen LogP contribution in [0.1, 0.15) is 55.2 Å². The first-order valence-electron chi connectivity index (χ1n) is 7.92. The van der Waals surface area contributed by atoms with Gasteiger partial charge in [0, 0.05) is 6.04 Å². The monoisotopic (exact) mass is 337 g/mol. The van der Waals surface area contributed by atoms with Crippen molar-refractivity contribution in [1.82, 2.24) is 15.6 Å². The zero-order chi connectivity index (χ0) is 17.7. The van der Waals surface area contributed by atoms with E-state index < -0.39 is 5.91 Å². The quantitative estimate of drug-likeness (QED) is 0.760. The molecule has 0 saturated heterocycles. The SMILES string of the molecule is CCC(C)[C@@H](Oc1cc(C(=O)NC(C)CO)on1)c1cnoc1C. The molecular weight excluding hydrogens is 314 g/mol. The third-order valence-corrected chi connectivity index (χ3v) is 3.87. The molecule has 2 rings (SSSR count). The molecule has 2 aromatic heterocycles. The van der Waals surface area contributed by atoms with Gasteiger partial charge >= 0.3 is 0 Å². The van der Waals surface area contributed by atoms with Gasteiger partial charge in [-0.05, 0) is 31.3 Å². The van der Waals surface area contributed by atoms with Gasteiger partial charge in [-0.3, -0.25) is 4.79 Å². The third-order valence-electron chi connectivity index (χ3n) is 3.87. The van der Waals surface area contributed by atoms with Gasteiger partial charge in [0.15, 0.2) is 0 Å². The Morgan fingerprint density at radius 2 is 2.17 bits per heavy atom. The van der Waals surface area contributed by atoms with E-state index in [1.165, 1.54) is 6.07 Å². The number of aliphatic hydroxyl groups excluding tert-OH is 1. The Labute approximate surface area is 140 Å². The molecule has 24 heavy (non-hydrogen) atoms. The van der Waals surface area contributed by atoms with E-state index in [2.05, 4.69) is 22.6 Å². The number of carbonyl (C=O) groups excluding carboxylic acids is 1. The third kappa shape index (κ3) is 4.14. The first-order valence-corrected chi connectivity index (χ1v) is 7.92. The molecule has 0 aliphatic heterocycles. The molecule has 0 aliphatic rings. The van der Waals surface area contributed by atoms with E-state index in [-0.39, 0.29) is 36.3 Å². The largest absolute Gasteiger partial charge is 0.467 e. The van der Waals surface area contributed by atoms with E-state index in [0.717, 1.165) is 12.0 Å². The Morgan fingerprint density at radius 1 is 1.42 bits per heavy atom. The Morgan fingerprint density at radius 3 is 2.75 bits per heavy atom. The maximum atomic E-state index is 11.9. The minimum Gasteiger partial charge on any atom is -0.467 e. The Balaban J connectivity index is 2.13. The summed E-state index contributed by atoms with van der Waals surface area (Å²) in [4.78, 5) is 11.9. The molecular formula is C16H23N3O5. The van der Waals surface area contributed by atoms with Crippen molar-refractivity contribution in [2.24, 2.45) is 5.92 Å². The maximum absolute atomic E-state index is 11.9. The predicted molar refractivity (Wildman–Crippen MR) is 84.6 cm³/mol. The van der Waals surface area contributed by atoms with Crippen LogP contribution in [0.4, 0.5) is 0 Å². The van der Waals surface area contributed by atoms with Gasteiger partial charge in [-0.25, -0.2) is 0 Å². The normalized spacial score (nSPS) is 14.9. The summed E-state index contributed by atoms with van der Waals surface area (Å²) in [6.45, 7) is 7.44. The van der Waals surface area contributed by atoms with Crippen LogP contribution in [-0.2, 0) is 0 Å². The highest BCUT2D eigenvalue weighted by Crippen LogP contribution is 2.31. The highest BCUT2D eigenvalue weighted by Gasteiger charge is 2.26. The first kappa shape index (κ1) is 18.0. The molecule has 3 atom stereocenters. The summed E-state index contributed by atoms with van der Waals surface area (Å²) in [5.74, 6) is 0.642. The average molecular weight is 337 g/mol. The fraction of sp³-hybridized carbons (Fsp3) is 0.562. The number of hydrogen-bond acceptors (Lipinski definition) is 7. The Kier molecular flexibility index (Phi) is 5.97. The average Bonchev–Trinajstić information content (AvgIpc) is 3.20. The van der Waals surface area contributed by atoms with Crippen molar-refractivity contribution in [3.05, 3.63) is 29.3 Å². The molecule has 1 amide bonds. The number of nitrogens with zero attached hydrogens (tertiary/aromatic N) is 2. The van der Waals surface area contributed by atoms with Crippen LogP contribution in [0.3, 0.4) is 0 Å². The van der Waals surface area contributed by atoms with Crippen LogP contribution in [0.25, 0.3) is 0 Å². The predicted octanol–water partition coefficient (Wildman–Crippen LogP) is 2.25. The topological polar surface area (TPSA) is 111 Å². The van der Waals surface area contributed by atoms with Crippen molar-refractivity contribution in [3.63, 3.8) is 0 Å². The summed E-state index contributed by atoms with van der Waals surface area (Å²) in [7, 11) is 0. The second kappa shape index (κ2) is 7.96. The summed E-state index contributed by atoms with van der Waals surface area (Å²) in [5, 5.41) is 19.1. The van der Waals surface area contributed by atoms with Crippen molar-refractivity contribution in [2.45, 2.75) is 46.3 Å². The minimum atomic E-state index is -0.458. The molecule has 0 aromatic carbocycles. The molecule has 2 aromatic rings. The lowest BCUT2D eigenvalue weighted by atomic mass is 9.96. The lowest BCUT2D eigenvalue weighted by Crippen LogP contribution is -2.34. The van der Waals surface area contributed by atoms with Crippen LogP contribution >= 0.6 is 0 Å². The van der Waals surface area contributed by atoms with E-state index in [4.69, 9.17) is 18.9 Å². The van der Waals surface area contributed by atoms with Crippen molar-refractivity contribution in [1.29, 1.82) is 0 Å². The van der Waals surface area contributed by atoms with Crippen molar-refractivity contribution >= 4 is 5.91 Å². The summed E-state index contributed by atoms with van der Waals surface area (Å²) >= 11 is 0. The summed E-state index contributed by atoms with van der Waals surface area (Å²) in [5.41, 5.74) is 0.840. The van der Waals surface area contributed by atoms with Gasteiger partial charge in [-0.2, -0.15) is 0 Å². The van der Waals surface area contributed by atoms with E-state index in [1.807, 2.05) is 13.8 Å². The molecule has 0 aliphatic carbocycles. The number of aryl methyl sites for hydroxylation is 1. The van der Waals surface area contributed by atoms with Gasteiger partial charge in [-0.1, -0.05) is 19.0 Å². The molecule has 0 radical (unpaired) electrons. The number of amides is 1. The number of nitrogens with one attached hydrogen (secondary N) is 1. The highest BCUT2D eigenvalue weighted by molar-refractivity contribution is 5.91. The first-order chi connectivity index (χ1) is 11.5. The molecule has 132 valence electrons. The fourth-order valence-electron chi connectivity index (χ4n) is 2.17. The van der Waals surface area contributed by atoms with Crippen LogP contribution in [0.15, 0.2) is 21.3 Å². The Bertz CT molecular complexity index is 666. The van der Waals surface area contributed by atoms with E-state index in [1.54, 1.807) is 13.1 Å². The van der Waals surface area contributed by atoms with Gasteiger partial charge < -0.3 is 24.2 Å². The van der Waals surface area contributed by atoms with E-state index in [0.29, 0.717) is 5.76 Å².